The molecule has 7 nitrogen and oxygen atoms in total. The molecule has 1 saturated carbocycles. The van der Waals surface area contributed by atoms with Crippen molar-refractivity contribution < 1.29 is 27.5 Å². The maximum absolute atomic E-state index is 13.7. The molecule has 0 aromatic carbocycles. The average molecular weight is 471 g/mol. The summed E-state index contributed by atoms with van der Waals surface area (Å²) in [7, 11) is 0. The highest BCUT2D eigenvalue weighted by Crippen LogP contribution is 2.65. The number of ether oxygens (including phenoxy) is 1. The third-order valence-electron chi connectivity index (χ3n) is 6.47. The number of anilines is 1. The fraction of sp³-hybridized carbons (Fsp3) is 0.739. The number of alkyl halides is 3. The molecule has 1 amide bonds. The molecule has 1 aliphatic carbocycles. The Morgan fingerprint density at radius 1 is 1.15 bits per heavy atom. The van der Waals surface area contributed by atoms with Gasteiger partial charge < -0.3 is 15.0 Å². The summed E-state index contributed by atoms with van der Waals surface area (Å²) in [4.78, 5) is 35.6. The summed E-state index contributed by atoms with van der Waals surface area (Å²) in [6, 6.07) is -1.67. The van der Waals surface area contributed by atoms with E-state index in [1.165, 1.54) is 4.90 Å². The van der Waals surface area contributed by atoms with Crippen LogP contribution in [-0.4, -0.2) is 51.0 Å². The Kier molecular flexibility index (Phi) is 5.99. The van der Waals surface area contributed by atoms with E-state index in [4.69, 9.17) is 4.74 Å². The molecule has 0 spiro atoms. The molecule has 33 heavy (non-hydrogen) atoms. The number of piperidine rings is 1. The van der Waals surface area contributed by atoms with Gasteiger partial charge in [0.2, 0.25) is 5.91 Å². The van der Waals surface area contributed by atoms with Gasteiger partial charge in [0.15, 0.2) is 5.69 Å². The lowest BCUT2D eigenvalue weighted by molar-refractivity contribution is -0.165. The fourth-order valence-corrected chi connectivity index (χ4v) is 4.68. The van der Waals surface area contributed by atoms with Crippen LogP contribution in [-0.2, 0) is 20.5 Å². The number of aromatic nitrogens is 2. The Hall–Kier alpha value is -2.39. The predicted molar refractivity (Wildman–Crippen MR) is 116 cm³/mol. The van der Waals surface area contributed by atoms with E-state index in [0.29, 0.717) is 12.7 Å². The first-order valence-corrected chi connectivity index (χ1v) is 11.0. The quantitative estimate of drug-likeness (QED) is 0.666. The van der Waals surface area contributed by atoms with Crippen molar-refractivity contribution >= 4 is 17.7 Å². The van der Waals surface area contributed by atoms with Gasteiger partial charge in [-0.2, -0.15) is 13.2 Å². The number of carbonyl (C=O) groups is 2. The SMILES string of the molecule is CC(C)(C)OC(=O)[C@@H]1[C@@H]2[C@H](CN1C(=O)[C@@H](Nc1cncc(C(F)(F)F)n1)C(C)(C)C)C2(C)C. The number of rotatable bonds is 4. The number of likely N-dealkylation sites (tertiary alicyclic amines) is 1. The number of hydrogen-bond acceptors (Lipinski definition) is 6. The molecule has 1 saturated heterocycles. The van der Waals surface area contributed by atoms with Crippen molar-refractivity contribution in [3.63, 3.8) is 0 Å². The lowest BCUT2D eigenvalue weighted by atomic mass is 9.85. The van der Waals surface area contributed by atoms with E-state index < -0.39 is 40.9 Å². The van der Waals surface area contributed by atoms with Crippen molar-refractivity contribution in [1.29, 1.82) is 0 Å². The van der Waals surface area contributed by atoms with Crippen LogP contribution < -0.4 is 5.32 Å². The van der Waals surface area contributed by atoms with Gasteiger partial charge in [0.1, 0.15) is 23.5 Å². The van der Waals surface area contributed by atoms with E-state index in [1.807, 2.05) is 0 Å². The minimum Gasteiger partial charge on any atom is -0.458 e. The zero-order chi connectivity index (χ0) is 25.1. The molecule has 2 aliphatic rings. The standard InChI is InChI=1S/C23H33F3N4O3/c1-20(2,3)17(29-14-10-27-9-13(28-14)23(24,25)26)18(31)30-11-12-15(22(12,7)8)16(30)19(32)33-21(4,5)6/h9-10,12,15-17H,11H2,1-8H3,(H,28,29)/t12-,15-,16-,17+/m0/s1. The van der Waals surface area contributed by atoms with Gasteiger partial charge in [0.05, 0.1) is 12.4 Å². The predicted octanol–water partition coefficient (Wildman–Crippen LogP) is 4.15. The highest BCUT2D eigenvalue weighted by atomic mass is 19.4. The summed E-state index contributed by atoms with van der Waals surface area (Å²) in [6.07, 6.45) is -2.87. The number of carbonyl (C=O) groups excluding carboxylic acids is 2. The van der Waals surface area contributed by atoms with Gasteiger partial charge in [-0.3, -0.25) is 9.78 Å². The second-order valence-corrected chi connectivity index (χ2v) is 11.7. The van der Waals surface area contributed by atoms with Crippen molar-refractivity contribution in [1.82, 2.24) is 14.9 Å². The highest BCUT2D eigenvalue weighted by Gasteiger charge is 2.70. The highest BCUT2D eigenvalue weighted by molar-refractivity contribution is 5.91. The topological polar surface area (TPSA) is 84.4 Å². The number of hydrogen-bond donors (Lipinski definition) is 1. The van der Waals surface area contributed by atoms with E-state index in [-0.39, 0.29) is 29.0 Å². The van der Waals surface area contributed by atoms with Gasteiger partial charge >= 0.3 is 12.1 Å². The van der Waals surface area contributed by atoms with Crippen LogP contribution in [0.15, 0.2) is 12.4 Å². The van der Waals surface area contributed by atoms with Gasteiger partial charge in [-0.15, -0.1) is 0 Å². The van der Waals surface area contributed by atoms with Crippen molar-refractivity contribution in [2.24, 2.45) is 22.7 Å². The summed E-state index contributed by atoms with van der Waals surface area (Å²) in [5.74, 6) is -0.851. The molecule has 3 rings (SSSR count). The Labute approximate surface area is 192 Å². The minimum absolute atomic E-state index is 0.0229. The number of amides is 1. The van der Waals surface area contributed by atoms with Crippen LogP contribution in [0.1, 0.15) is 61.1 Å². The molecule has 2 fully saturated rings. The van der Waals surface area contributed by atoms with Gasteiger partial charge in [0.25, 0.3) is 0 Å². The van der Waals surface area contributed by atoms with Gasteiger partial charge in [-0.1, -0.05) is 34.6 Å². The summed E-state index contributed by atoms with van der Waals surface area (Å²) < 4.78 is 44.9. The molecule has 1 aromatic heterocycles. The van der Waals surface area contributed by atoms with Crippen LogP contribution in [0.5, 0.6) is 0 Å². The number of halogens is 3. The zero-order valence-corrected chi connectivity index (χ0v) is 20.4. The summed E-state index contributed by atoms with van der Waals surface area (Å²) in [6.45, 7) is 15.2. The summed E-state index contributed by atoms with van der Waals surface area (Å²) in [5, 5.41) is 2.85. The molecular formula is C23H33F3N4O3. The molecule has 0 unspecified atom stereocenters. The van der Waals surface area contributed by atoms with Crippen molar-refractivity contribution in [3.8, 4) is 0 Å². The minimum atomic E-state index is -4.66. The summed E-state index contributed by atoms with van der Waals surface area (Å²) in [5.41, 5.74) is -2.63. The third kappa shape index (κ3) is 5.09. The monoisotopic (exact) mass is 470 g/mol. The van der Waals surface area contributed by atoms with Crippen LogP contribution in [0.3, 0.4) is 0 Å². The van der Waals surface area contributed by atoms with Crippen molar-refractivity contribution in [2.45, 2.75) is 79.3 Å². The molecule has 4 atom stereocenters. The maximum atomic E-state index is 13.7. The first-order chi connectivity index (χ1) is 14.8. The molecule has 0 radical (unpaired) electrons. The number of fused-ring (bicyclic) bond motifs is 1. The average Bonchev–Trinajstić information content (AvgIpc) is 2.99. The Morgan fingerprint density at radius 3 is 2.27 bits per heavy atom. The molecule has 0 bridgehead atoms. The maximum Gasteiger partial charge on any atom is 0.434 e. The first kappa shape index (κ1) is 25.2. The molecule has 2 heterocycles. The lowest BCUT2D eigenvalue weighted by Crippen LogP contribution is -2.55. The Bertz CT molecular complexity index is 934. The smallest absolute Gasteiger partial charge is 0.434 e. The van der Waals surface area contributed by atoms with Crippen LogP contribution in [0.25, 0.3) is 0 Å². The van der Waals surface area contributed by atoms with Crippen LogP contribution in [0.4, 0.5) is 19.0 Å². The van der Waals surface area contributed by atoms with Gasteiger partial charge in [-0.05, 0) is 37.5 Å². The third-order valence-corrected chi connectivity index (χ3v) is 6.47. The van der Waals surface area contributed by atoms with Crippen LogP contribution >= 0.6 is 0 Å². The van der Waals surface area contributed by atoms with Crippen molar-refractivity contribution in [3.05, 3.63) is 18.1 Å². The molecule has 184 valence electrons. The van der Waals surface area contributed by atoms with Gasteiger partial charge in [0, 0.05) is 12.5 Å². The van der Waals surface area contributed by atoms with Gasteiger partial charge in [-0.25, -0.2) is 9.78 Å². The van der Waals surface area contributed by atoms with Crippen molar-refractivity contribution in [2.75, 3.05) is 11.9 Å². The molecule has 10 heteroatoms. The first-order valence-electron chi connectivity index (χ1n) is 11.0. The van der Waals surface area contributed by atoms with Crippen LogP contribution in [0, 0.1) is 22.7 Å². The molecule has 1 aliphatic heterocycles. The zero-order valence-electron chi connectivity index (χ0n) is 20.4. The number of esters is 1. The Morgan fingerprint density at radius 2 is 1.76 bits per heavy atom. The normalized spacial score (nSPS) is 25.3. The second-order valence-electron chi connectivity index (χ2n) is 11.7. The summed E-state index contributed by atoms with van der Waals surface area (Å²) >= 11 is 0. The van der Waals surface area contributed by atoms with E-state index in [2.05, 4.69) is 29.1 Å². The molecule has 1 N–H and O–H groups in total. The van der Waals surface area contributed by atoms with E-state index >= 15 is 0 Å². The van der Waals surface area contributed by atoms with Crippen LogP contribution in [0.2, 0.25) is 0 Å². The fourth-order valence-electron chi connectivity index (χ4n) is 4.68. The Balaban J connectivity index is 1.90. The van der Waals surface area contributed by atoms with E-state index in [1.54, 1.807) is 41.5 Å². The number of nitrogens with one attached hydrogen (secondary N) is 1. The molecular weight excluding hydrogens is 437 g/mol. The lowest BCUT2D eigenvalue weighted by Gasteiger charge is -2.38. The number of nitrogens with zero attached hydrogens (tertiary/aromatic N) is 3. The molecule has 1 aromatic rings. The van der Waals surface area contributed by atoms with E-state index in [9.17, 15) is 22.8 Å². The second kappa shape index (κ2) is 7.84. The van der Waals surface area contributed by atoms with E-state index in [0.717, 1.165) is 6.20 Å². The largest absolute Gasteiger partial charge is 0.458 e.